The highest BCUT2D eigenvalue weighted by Gasteiger charge is 2.33. The average molecular weight is 641 g/mol. The second kappa shape index (κ2) is 14.3. The summed E-state index contributed by atoms with van der Waals surface area (Å²) in [6.45, 7) is 4.58. The summed E-state index contributed by atoms with van der Waals surface area (Å²) in [5.41, 5.74) is 0.567. The van der Waals surface area contributed by atoms with Crippen LogP contribution in [0.5, 0.6) is 5.75 Å². The quantitative estimate of drug-likeness (QED) is 0.255. The third kappa shape index (κ3) is 7.86. The number of hydrogen-bond donors (Lipinski definition) is 1. The summed E-state index contributed by atoms with van der Waals surface area (Å²) in [7, 11) is -2.81. The van der Waals surface area contributed by atoms with E-state index in [1.54, 1.807) is 43.3 Å². The summed E-state index contributed by atoms with van der Waals surface area (Å²) in [6.07, 6.45) is 0.685. The highest BCUT2D eigenvalue weighted by molar-refractivity contribution is 7.92. The lowest BCUT2D eigenvalue weighted by molar-refractivity contribution is -0.139. The van der Waals surface area contributed by atoms with E-state index in [2.05, 4.69) is 5.32 Å². The first-order valence-electron chi connectivity index (χ1n) is 12.8. The molecule has 0 fully saturated rings. The second-order valence-corrected chi connectivity index (χ2v) is 12.4. The Labute approximate surface area is 256 Å². The van der Waals surface area contributed by atoms with Gasteiger partial charge in [0, 0.05) is 28.2 Å². The van der Waals surface area contributed by atoms with Crippen molar-refractivity contribution in [2.24, 2.45) is 0 Å². The van der Waals surface area contributed by atoms with E-state index >= 15 is 0 Å². The summed E-state index contributed by atoms with van der Waals surface area (Å²) in [6, 6.07) is 15.9. The number of halogens is 3. The molecule has 2 unspecified atom stereocenters. The molecule has 0 saturated carbocycles. The number of anilines is 1. The third-order valence-corrected chi connectivity index (χ3v) is 9.38. The number of amides is 2. The van der Waals surface area contributed by atoms with Gasteiger partial charge in [-0.3, -0.25) is 13.9 Å². The minimum atomic E-state index is -4.24. The van der Waals surface area contributed by atoms with E-state index in [1.165, 1.54) is 42.3 Å². The van der Waals surface area contributed by atoms with Crippen LogP contribution in [0.15, 0.2) is 71.6 Å². The van der Waals surface area contributed by atoms with Crippen LogP contribution in [0.1, 0.15) is 32.8 Å². The highest BCUT2D eigenvalue weighted by Crippen LogP contribution is 2.33. The van der Waals surface area contributed by atoms with Crippen LogP contribution in [-0.4, -0.2) is 50.9 Å². The SMILES string of the molecule is CCC(C)NC(=O)C(C)N(Cc1c(Cl)cccc1Cl)C(=O)CN(c1ccc(OC)c(Cl)c1)S(=O)(=O)c1ccccc1. The summed E-state index contributed by atoms with van der Waals surface area (Å²) in [5, 5.41) is 3.65. The zero-order chi connectivity index (χ0) is 30.3. The van der Waals surface area contributed by atoms with E-state index < -0.39 is 34.4 Å². The van der Waals surface area contributed by atoms with Gasteiger partial charge in [0.1, 0.15) is 18.3 Å². The molecule has 0 radical (unpaired) electrons. The maximum absolute atomic E-state index is 14.0. The van der Waals surface area contributed by atoms with Crippen LogP contribution in [0.3, 0.4) is 0 Å². The number of methoxy groups -OCH3 is 1. The smallest absolute Gasteiger partial charge is 0.264 e. The molecule has 3 aromatic rings. The van der Waals surface area contributed by atoms with Gasteiger partial charge in [0.25, 0.3) is 10.0 Å². The fourth-order valence-corrected chi connectivity index (χ4v) is 6.16. The van der Waals surface area contributed by atoms with Gasteiger partial charge in [-0.15, -0.1) is 0 Å². The molecule has 0 aliphatic rings. The minimum Gasteiger partial charge on any atom is -0.495 e. The Morgan fingerprint density at radius 3 is 2.12 bits per heavy atom. The number of nitrogens with zero attached hydrogens (tertiary/aromatic N) is 2. The van der Waals surface area contributed by atoms with Crippen molar-refractivity contribution in [1.82, 2.24) is 10.2 Å². The van der Waals surface area contributed by atoms with E-state index in [4.69, 9.17) is 39.5 Å². The third-order valence-electron chi connectivity index (χ3n) is 6.59. The van der Waals surface area contributed by atoms with E-state index in [9.17, 15) is 18.0 Å². The molecule has 0 aromatic heterocycles. The van der Waals surface area contributed by atoms with E-state index in [-0.39, 0.29) is 28.2 Å². The molecule has 8 nitrogen and oxygen atoms in total. The van der Waals surface area contributed by atoms with Gasteiger partial charge in [0.2, 0.25) is 11.8 Å². The van der Waals surface area contributed by atoms with Crippen molar-refractivity contribution in [2.75, 3.05) is 18.0 Å². The summed E-state index contributed by atoms with van der Waals surface area (Å²) in [4.78, 5) is 28.5. The molecule has 0 spiro atoms. The number of benzene rings is 3. The van der Waals surface area contributed by atoms with Gasteiger partial charge in [-0.25, -0.2) is 8.42 Å². The minimum absolute atomic E-state index is 0.0250. The Morgan fingerprint density at radius 1 is 0.927 bits per heavy atom. The molecule has 0 aliphatic heterocycles. The van der Waals surface area contributed by atoms with Crippen molar-refractivity contribution >= 4 is 62.3 Å². The van der Waals surface area contributed by atoms with Crippen LogP contribution in [0.25, 0.3) is 0 Å². The summed E-state index contributed by atoms with van der Waals surface area (Å²) in [5.74, 6) is -0.718. The van der Waals surface area contributed by atoms with Crippen molar-refractivity contribution in [3.8, 4) is 5.75 Å². The van der Waals surface area contributed by atoms with E-state index in [1.807, 2.05) is 13.8 Å². The van der Waals surface area contributed by atoms with E-state index in [0.717, 1.165) is 4.31 Å². The zero-order valence-electron chi connectivity index (χ0n) is 23.1. The van der Waals surface area contributed by atoms with Gasteiger partial charge in [0.05, 0.1) is 22.7 Å². The summed E-state index contributed by atoms with van der Waals surface area (Å²) >= 11 is 19.2. The monoisotopic (exact) mass is 639 g/mol. The predicted molar refractivity (Wildman–Crippen MR) is 163 cm³/mol. The number of carbonyl (C=O) groups excluding carboxylic acids is 2. The normalized spacial score (nSPS) is 12.8. The molecular weight excluding hydrogens is 609 g/mol. The largest absolute Gasteiger partial charge is 0.495 e. The Balaban J connectivity index is 2.09. The van der Waals surface area contributed by atoms with Gasteiger partial charge in [-0.2, -0.15) is 0 Å². The van der Waals surface area contributed by atoms with Gasteiger partial charge in [-0.05, 0) is 62.7 Å². The van der Waals surface area contributed by atoms with Gasteiger partial charge < -0.3 is 15.0 Å². The van der Waals surface area contributed by atoms with Crippen LogP contribution in [-0.2, 0) is 26.2 Å². The van der Waals surface area contributed by atoms with Crippen LogP contribution in [0.2, 0.25) is 15.1 Å². The highest BCUT2D eigenvalue weighted by atomic mass is 35.5. The molecule has 0 heterocycles. The molecule has 0 saturated heterocycles. The predicted octanol–water partition coefficient (Wildman–Crippen LogP) is 6.18. The van der Waals surface area contributed by atoms with Crippen molar-refractivity contribution in [1.29, 1.82) is 0 Å². The topological polar surface area (TPSA) is 96.0 Å². The lowest BCUT2D eigenvalue weighted by Gasteiger charge is -2.33. The van der Waals surface area contributed by atoms with Gasteiger partial charge in [-0.1, -0.05) is 66.0 Å². The fourth-order valence-electron chi connectivity index (χ4n) is 3.96. The molecule has 1 N–H and O–H groups in total. The molecule has 3 rings (SSSR count). The lowest BCUT2D eigenvalue weighted by atomic mass is 10.1. The van der Waals surface area contributed by atoms with Crippen LogP contribution in [0, 0.1) is 0 Å². The molecule has 220 valence electrons. The van der Waals surface area contributed by atoms with Crippen molar-refractivity contribution in [3.63, 3.8) is 0 Å². The standard InChI is InChI=1S/C29H32Cl3N3O5S/c1-5-19(2)33-29(37)20(3)34(17-23-24(30)12-9-13-25(23)31)28(36)18-35(21-14-15-27(40-4)26(32)16-21)41(38,39)22-10-7-6-8-11-22/h6-16,19-20H,5,17-18H2,1-4H3,(H,33,37). The molecule has 12 heteroatoms. The molecule has 2 atom stereocenters. The number of rotatable bonds is 12. The molecule has 2 amide bonds. The fraction of sp³-hybridized carbons (Fsp3) is 0.310. The van der Waals surface area contributed by atoms with Crippen molar-refractivity contribution in [2.45, 2.75) is 50.7 Å². The second-order valence-electron chi connectivity index (χ2n) is 9.36. The number of sulfonamides is 1. The Hall–Kier alpha value is -2.98. The van der Waals surface area contributed by atoms with Crippen molar-refractivity contribution in [3.05, 3.63) is 87.4 Å². The Kier molecular flexibility index (Phi) is 11.3. The molecule has 0 bridgehead atoms. The van der Waals surface area contributed by atoms with Crippen LogP contribution < -0.4 is 14.4 Å². The van der Waals surface area contributed by atoms with Gasteiger partial charge >= 0.3 is 0 Å². The van der Waals surface area contributed by atoms with E-state index in [0.29, 0.717) is 27.8 Å². The first-order chi connectivity index (χ1) is 19.4. The number of hydrogen-bond acceptors (Lipinski definition) is 5. The van der Waals surface area contributed by atoms with Crippen molar-refractivity contribution < 1.29 is 22.7 Å². The molecule has 0 aliphatic carbocycles. The average Bonchev–Trinajstić information content (AvgIpc) is 2.95. The zero-order valence-corrected chi connectivity index (χ0v) is 26.2. The maximum Gasteiger partial charge on any atom is 0.264 e. The van der Waals surface area contributed by atoms with Crippen LogP contribution in [0.4, 0.5) is 5.69 Å². The first-order valence-corrected chi connectivity index (χ1v) is 15.4. The number of carbonyl (C=O) groups is 2. The summed E-state index contributed by atoms with van der Waals surface area (Å²) < 4.78 is 33.9. The van der Waals surface area contributed by atoms with Gasteiger partial charge in [0.15, 0.2) is 0 Å². The maximum atomic E-state index is 14.0. The molecule has 41 heavy (non-hydrogen) atoms. The van der Waals surface area contributed by atoms with Crippen LogP contribution >= 0.6 is 34.8 Å². The molecular formula is C29H32Cl3N3O5S. The Bertz CT molecular complexity index is 1470. The first kappa shape index (κ1) is 32.5. The number of nitrogens with one attached hydrogen (secondary N) is 1. The molecule has 3 aromatic carbocycles. The number of ether oxygens (including phenoxy) is 1. The lowest BCUT2D eigenvalue weighted by Crippen LogP contribution is -2.52. The Morgan fingerprint density at radius 2 is 1.56 bits per heavy atom.